The van der Waals surface area contributed by atoms with Gasteiger partial charge in [0.15, 0.2) is 0 Å². The normalized spacial score (nSPS) is 17.8. The number of benzene rings is 2. The van der Waals surface area contributed by atoms with Gasteiger partial charge in [-0.05, 0) is 41.5 Å². The number of alkyl carbamates (subject to hydrolysis) is 1. The Morgan fingerprint density at radius 2 is 1.73 bits per heavy atom. The van der Waals surface area contributed by atoms with Gasteiger partial charge in [0.1, 0.15) is 18.7 Å². The molecule has 1 fully saturated rings. The Balaban J connectivity index is 1.43. The zero-order chi connectivity index (χ0) is 23.4. The Kier molecular flexibility index (Phi) is 6.96. The molecule has 7 heteroatoms. The van der Waals surface area contributed by atoms with E-state index in [9.17, 15) is 19.5 Å². The highest BCUT2D eigenvalue weighted by Crippen LogP contribution is 2.44. The molecule has 4 rings (SSSR count). The summed E-state index contributed by atoms with van der Waals surface area (Å²) in [6.45, 7) is 2.56. The number of ether oxygens (including phenoxy) is 1. The molecule has 1 aliphatic heterocycles. The van der Waals surface area contributed by atoms with Crippen LogP contribution in [0.1, 0.15) is 56.1 Å². The fraction of sp³-hybridized carbons (Fsp3) is 0.423. The average Bonchev–Trinajstić information content (AvgIpc) is 3.43. The van der Waals surface area contributed by atoms with E-state index in [0.29, 0.717) is 25.8 Å². The summed E-state index contributed by atoms with van der Waals surface area (Å²) in [5.74, 6) is -1.42. The number of fused-ring (bicyclic) bond motifs is 3. The van der Waals surface area contributed by atoms with Crippen molar-refractivity contribution >= 4 is 18.0 Å². The number of carboxylic acids is 1. The van der Waals surface area contributed by atoms with E-state index in [-0.39, 0.29) is 18.4 Å². The molecule has 1 aliphatic carbocycles. The molecule has 7 nitrogen and oxygen atoms in total. The van der Waals surface area contributed by atoms with E-state index in [1.165, 1.54) is 4.90 Å². The molecular weight excluding hydrogens is 420 g/mol. The second-order valence-corrected chi connectivity index (χ2v) is 8.69. The number of hydrogen-bond donors (Lipinski definition) is 2. The lowest BCUT2D eigenvalue weighted by atomic mass is 9.98. The molecule has 0 spiro atoms. The van der Waals surface area contributed by atoms with Crippen LogP contribution in [-0.2, 0) is 14.3 Å². The minimum atomic E-state index is -1.00. The second-order valence-electron chi connectivity index (χ2n) is 8.69. The Labute approximate surface area is 193 Å². The summed E-state index contributed by atoms with van der Waals surface area (Å²) in [6, 6.07) is 14.6. The lowest BCUT2D eigenvalue weighted by Crippen LogP contribution is -2.51. The summed E-state index contributed by atoms with van der Waals surface area (Å²) in [5, 5.41) is 12.1. The highest BCUT2D eigenvalue weighted by Gasteiger charge is 2.37. The van der Waals surface area contributed by atoms with E-state index in [4.69, 9.17) is 4.74 Å². The minimum Gasteiger partial charge on any atom is -0.480 e. The molecule has 0 radical (unpaired) electrons. The van der Waals surface area contributed by atoms with Crippen LogP contribution in [0.4, 0.5) is 4.79 Å². The van der Waals surface area contributed by atoms with Gasteiger partial charge in [0.2, 0.25) is 5.91 Å². The first kappa shape index (κ1) is 22.8. The first-order valence-electron chi connectivity index (χ1n) is 11.7. The van der Waals surface area contributed by atoms with Crippen LogP contribution < -0.4 is 5.32 Å². The van der Waals surface area contributed by atoms with E-state index in [1.807, 2.05) is 43.3 Å². The van der Waals surface area contributed by atoms with Crippen LogP contribution >= 0.6 is 0 Å². The molecule has 1 unspecified atom stereocenters. The smallest absolute Gasteiger partial charge is 0.407 e. The Morgan fingerprint density at radius 3 is 2.33 bits per heavy atom. The summed E-state index contributed by atoms with van der Waals surface area (Å²) >= 11 is 0. The zero-order valence-corrected chi connectivity index (χ0v) is 18.8. The quantitative estimate of drug-likeness (QED) is 0.630. The Morgan fingerprint density at radius 1 is 1.09 bits per heavy atom. The topological polar surface area (TPSA) is 95.9 Å². The summed E-state index contributed by atoms with van der Waals surface area (Å²) in [6.07, 6.45) is 2.48. The molecule has 2 N–H and O–H groups in total. The van der Waals surface area contributed by atoms with Gasteiger partial charge in [-0.3, -0.25) is 4.79 Å². The Bertz CT molecular complexity index is 991. The van der Waals surface area contributed by atoms with Gasteiger partial charge in [-0.1, -0.05) is 68.3 Å². The van der Waals surface area contributed by atoms with Gasteiger partial charge in [-0.25, -0.2) is 9.59 Å². The number of carbonyl (C=O) groups excluding carboxylic acids is 2. The van der Waals surface area contributed by atoms with Crippen molar-refractivity contribution in [2.75, 3.05) is 13.2 Å². The van der Waals surface area contributed by atoms with Gasteiger partial charge >= 0.3 is 12.1 Å². The molecule has 2 amide bonds. The minimum absolute atomic E-state index is 0.0667. The Hall–Kier alpha value is -3.35. The van der Waals surface area contributed by atoms with Gasteiger partial charge in [0.25, 0.3) is 0 Å². The monoisotopic (exact) mass is 450 g/mol. The van der Waals surface area contributed by atoms with E-state index in [1.54, 1.807) is 0 Å². The SMILES string of the molecule is CCCCC(NC(=O)OCC1c2ccccc2-c2ccccc21)C(=O)N1CCC[C@@H]1C(=O)O. The summed E-state index contributed by atoms with van der Waals surface area (Å²) in [5.41, 5.74) is 4.52. The molecule has 33 heavy (non-hydrogen) atoms. The van der Waals surface area contributed by atoms with Crippen LogP contribution in [0.2, 0.25) is 0 Å². The van der Waals surface area contributed by atoms with Gasteiger partial charge in [0.05, 0.1) is 0 Å². The van der Waals surface area contributed by atoms with Crippen molar-refractivity contribution in [1.82, 2.24) is 10.2 Å². The van der Waals surface area contributed by atoms with E-state index in [0.717, 1.165) is 35.1 Å². The maximum absolute atomic E-state index is 13.1. The van der Waals surface area contributed by atoms with Crippen molar-refractivity contribution < 1.29 is 24.2 Å². The van der Waals surface area contributed by atoms with Gasteiger partial charge in [0, 0.05) is 12.5 Å². The zero-order valence-electron chi connectivity index (χ0n) is 18.8. The van der Waals surface area contributed by atoms with Crippen LogP contribution in [0.25, 0.3) is 11.1 Å². The summed E-state index contributed by atoms with van der Waals surface area (Å²) in [7, 11) is 0. The lowest BCUT2D eigenvalue weighted by Gasteiger charge is -2.27. The number of aliphatic carboxylic acids is 1. The summed E-state index contributed by atoms with van der Waals surface area (Å²) in [4.78, 5) is 38.7. The number of rotatable bonds is 8. The van der Waals surface area contributed by atoms with E-state index in [2.05, 4.69) is 17.4 Å². The number of nitrogens with one attached hydrogen (secondary N) is 1. The van der Waals surface area contributed by atoms with Gasteiger partial charge < -0.3 is 20.1 Å². The molecule has 2 aromatic carbocycles. The number of likely N-dealkylation sites (tertiary alicyclic amines) is 1. The fourth-order valence-corrected chi connectivity index (χ4v) is 4.94. The maximum atomic E-state index is 13.1. The molecule has 1 heterocycles. The number of amides is 2. The van der Waals surface area contributed by atoms with Crippen molar-refractivity contribution in [2.45, 2.75) is 57.0 Å². The number of unbranched alkanes of at least 4 members (excludes halogenated alkanes) is 1. The number of hydrogen-bond acceptors (Lipinski definition) is 4. The first-order chi connectivity index (χ1) is 16.0. The van der Waals surface area contributed by atoms with Gasteiger partial charge in [-0.15, -0.1) is 0 Å². The van der Waals surface area contributed by atoms with Crippen molar-refractivity contribution in [3.63, 3.8) is 0 Å². The van der Waals surface area contributed by atoms with Crippen molar-refractivity contribution in [3.05, 3.63) is 59.7 Å². The van der Waals surface area contributed by atoms with Crippen LogP contribution in [0.5, 0.6) is 0 Å². The number of nitrogens with zero attached hydrogens (tertiary/aromatic N) is 1. The predicted octanol–water partition coefficient (Wildman–Crippen LogP) is 4.16. The van der Waals surface area contributed by atoms with Crippen molar-refractivity contribution in [2.24, 2.45) is 0 Å². The van der Waals surface area contributed by atoms with Crippen LogP contribution in [0.3, 0.4) is 0 Å². The molecule has 0 saturated carbocycles. The third-order valence-corrected chi connectivity index (χ3v) is 6.60. The highest BCUT2D eigenvalue weighted by molar-refractivity contribution is 5.89. The third-order valence-electron chi connectivity index (χ3n) is 6.60. The van der Waals surface area contributed by atoms with Crippen molar-refractivity contribution in [1.29, 1.82) is 0 Å². The second kappa shape index (κ2) is 10.1. The van der Waals surface area contributed by atoms with E-state index >= 15 is 0 Å². The third kappa shape index (κ3) is 4.72. The molecular formula is C26H30N2O5. The number of carboxylic acid groups (broad SMARTS) is 1. The molecule has 2 aromatic rings. The molecule has 1 saturated heterocycles. The number of carbonyl (C=O) groups is 3. The van der Waals surface area contributed by atoms with E-state index < -0.39 is 24.1 Å². The fourth-order valence-electron chi connectivity index (χ4n) is 4.94. The van der Waals surface area contributed by atoms with Crippen LogP contribution in [0, 0.1) is 0 Å². The molecule has 0 bridgehead atoms. The summed E-state index contributed by atoms with van der Waals surface area (Å²) < 4.78 is 5.60. The predicted molar refractivity (Wildman–Crippen MR) is 124 cm³/mol. The molecule has 2 atom stereocenters. The molecule has 2 aliphatic rings. The van der Waals surface area contributed by atoms with Gasteiger partial charge in [-0.2, -0.15) is 0 Å². The standard InChI is InChI=1S/C26H30N2O5/c1-2-3-13-22(24(29)28-15-8-14-23(28)25(30)31)27-26(32)33-16-21-19-11-6-4-9-17(19)18-10-5-7-12-20(18)21/h4-7,9-12,21-23H,2-3,8,13-16H2,1H3,(H,27,32)(H,30,31)/t22?,23-/m1/s1. The molecule has 0 aromatic heterocycles. The lowest BCUT2D eigenvalue weighted by molar-refractivity contribution is -0.149. The van der Waals surface area contributed by atoms with Crippen LogP contribution in [-0.4, -0.2) is 53.2 Å². The average molecular weight is 451 g/mol. The largest absolute Gasteiger partial charge is 0.480 e. The highest BCUT2D eigenvalue weighted by atomic mass is 16.5. The van der Waals surface area contributed by atoms with Crippen molar-refractivity contribution in [3.8, 4) is 11.1 Å². The molecule has 174 valence electrons. The van der Waals surface area contributed by atoms with Crippen LogP contribution in [0.15, 0.2) is 48.5 Å². The maximum Gasteiger partial charge on any atom is 0.407 e. The first-order valence-corrected chi connectivity index (χ1v) is 11.7.